The average molecular weight is 813 g/mol. The fraction of sp³-hybridized carbons (Fsp3) is 0. The lowest BCUT2D eigenvalue weighted by Crippen LogP contribution is -1.97. The van der Waals surface area contributed by atoms with Gasteiger partial charge in [-0.2, -0.15) is 0 Å². The van der Waals surface area contributed by atoms with Crippen molar-refractivity contribution in [3.63, 3.8) is 0 Å². The minimum atomic E-state index is 0.703. The van der Waals surface area contributed by atoms with Crippen LogP contribution in [0, 0.1) is 0 Å². The molecule has 11 aromatic carbocycles. The highest BCUT2D eigenvalue weighted by atomic mass is 14.9. The topological polar surface area (TPSA) is 25.8 Å². The predicted molar refractivity (Wildman–Crippen MR) is 270 cm³/mol. The van der Waals surface area contributed by atoms with E-state index in [2.05, 4.69) is 224 Å². The molecule has 0 aliphatic rings. The van der Waals surface area contributed by atoms with Crippen molar-refractivity contribution in [2.75, 3.05) is 0 Å². The minimum Gasteiger partial charge on any atom is -0.228 e. The second-order valence-corrected chi connectivity index (χ2v) is 16.4. The fourth-order valence-electron chi connectivity index (χ4n) is 9.67. The van der Waals surface area contributed by atoms with E-state index in [0.29, 0.717) is 5.82 Å². The molecule has 64 heavy (non-hydrogen) atoms. The first-order valence-corrected chi connectivity index (χ1v) is 21.9. The van der Waals surface area contributed by atoms with Crippen LogP contribution in [0.15, 0.2) is 243 Å². The molecule has 2 nitrogen and oxygen atoms in total. The van der Waals surface area contributed by atoms with Crippen molar-refractivity contribution >= 4 is 43.1 Å². The summed E-state index contributed by atoms with van der Waals surface area (Å²) in [5.41, 5.74) is 14.5. The van der Waals surface area contributed by atoms with Crippen molar-refractivity contribution in [2.45, 2.75) is 0 Å². The van der Waals surface area contributed by atoms with Gasteiger partial charge in [-0.05, 0) is 93.7 Å². The highest BCUT2D eigenvalue weighted by Gasteiger charge is 2.20. The van der Waals surface area contributed by atoms with Crippen molar-refractivity contribution in [3.8, 4) is 78.4 Å². The van der Waals surface area contributed by atoms with Gasteiger partial charge in [-0.15, -0.1) is 0 Å². The van der Waals surface area contributed by atoms with Crippen molar-refractivity contribution in [2.24, 2.45) is 0 Å². The van der Waals surface area contributed by atoms with Gasteiger partial charge in [0, 0.05) is 16.7 Å². The van der Waals surface area contributed by atoms with Crippen molar-refractivity contribution in [1.82, 2.24) is 9.97 Å². The van der Waals surface area contributed by atoms with Crippen molar-refractivity contribution in [3.05, 3.63) is 243 Å². The molecule has 0 aliphatic carbocycles. The summed E-state index contributed by atoms with van der Waals surface area (Å²) in [5, 5.41) is 9.88. The van der Waals surface area contributed by atoms with E-state index in [1.54, 1.807) is 0 Å². The van der Waals surface area contributed by atoms with E-state index in [1.807, 2.05) is 18.2 Å². The zero-order valence-electron chi connectivity index (χ0n) is 35.0. The van der Waals surface area contributed by atoms with Crippen LogP contribution in [0.25, 0.3) is 122 Å². The molecule has 0 atom stereocenters. The molecule has 0 saturated heterocycles. The smallest absolute Gasteiger partial charge is 0.160 e. The molecule has 1 aromatic heterocycles. The molecule has 12 aromatic rings. The molecule has 0 spiro atoms. The predicted octanol–water partition coefficient (Wildman–Crippen LogP) is 16.8. The summed E-state index contributed by atoms with van der Waals surface area (Å²) < 4.78 is 0. The van der Waals surface area contributed by atoms with E-state index >= 15 is 0 Å². The van der Waals surface area contributed by atoms with E-state index < -0.39 is 0 Å². The molecule has 1 heterocycles. The molecule has 12 rings (SSSR count). The Hall–Kier alpha value is -8.46. The van der Waals surface area contributed by atoms with E-state index in [1.165, 1.54) is 82.2 Å². The van der Waals surface area contributed by atoms with Gasteiger partial charge in [0.25, 0.3) is 0 Å². The van der Waals surface area contributed by atoms with Gasteiger partial charge in [-0.3, -0.25) is 0 Å². The van der Waals surface area contributed by atoms with Gasteiger partial charge in [0.2, 0.25) is 0 Å². The SMILES string of the molecule is c1ccc(-c2ccc(-c3cc(-c4ccc(-c5ccc(-c6c7ccccc7c(-c7ccccc7)c7c6ccc6ccccc67)cc5)c5ccccc45)nc(-c4ccccc4)n3)cc2)cc1. The highest BCUT2D eigenvalue weighted by Crippen LogP contribution is 2.47. The molecule has 0 fully saturated rings. The van der Waals surface area contributed by atoms with Crippen LogP contribution in [0.3, 0.4) is 0 Å². The molecule has 0 radical (unpaired) electrons. The van der Waals surface area contributed by atoms with Crippen LogP contribution >= 0.6 is 0 Å². The van der Waals surface area contributed by atoms with Crippen LogP contribution in [-0.2, 0) is 0 Å². The maximum Gasteiger partial charge on any atom is 0.160 e. The molecular formula is C62H40N2. The Morgan fingerprint density at radius 1 is 0.234 bits per heavy atom. The maximum atomic E-state index is 5.25. The zero-order valence-corrected chi connectivity index (χ0v) is 35.0. The van der Waals surface area contributed by atoms with Crippen LogP contribution in [0.1, 0.15) is 0 Å². The molecule has 298 valence electrons. The van der Waals surface area contributed by atoms with Gasteiger partial charge in [0.05, 0.1) is 11.4 Å². The van der Waals surface area contributed by atoms with Gasteiger partial charge < -0.3 is 0 Å². The van der Waals surface area contributed by atoms with Crippen LogP contribution < -0.4 is 0 Å². The number of fused-ring (bicyclic) bond motifs is 5. The third-order valence-electron chi connectivity index (χ3n) is 12.7. The Labute approximate surface area is 372 Å². The van der Waals surface area contributed by atoms with Gasteiger partial charge in [-0.25, -0.2) is 9.97 Å². The lowest BCUT2D eigenvalue weighted by Gasteiger charge is -2.19. The van der Waals surface area contributed by atoms with Gasteiger partial charge in [0.1, 0.15) is 0 Å². The third-order valence-corrected chi connectivity index (χ3v) is 12.7. The first-order chi connectivity index (χ1) is 31.7. The Balaban J connectivity index is 0.982. The fourth-order valence-corrected chi connectivity index (χ4v) is 9.67. The highest BCUT2D eigenvalue weighted by molar-refractivity contribution is 6.28. The molecule has 2 heteroatoms. The van der Waals surface area contributed by atoms with Crippen LogP contribution in [-0.4, -0.2) is 9.97 Å². The van der Waals surface area contributed by atoms with Crippen LogP contribution in [0.2, 0.25) is 0 Å². The van der Waals surface area contributed by atoms with Gasteiger partial charge in [0.15, 0.2) is 5.82 Å². The second-order valence-electron chi connectivity index (χ2n) is 16.4. The molecule has 0 unspecified atom stereocenters. The summed E-state index contributed by atoms with van der Waals surface area (Å²) in [6, 6.07) is 87.2. The summed E-state index contributed by atoms with van der Waals surface area (Å²) in [7, 11) is 0. The van der Waals surface area contributed by atoms with Gasteiger partial charge >= 0.3 is 0 Å². The van der Waals surface area contributed by atoms with E-state index in [4.69, 9.17) is 9.97 Å². The van der Waals surface area contributed by atoms with Crippen molar-refractivity contribution < 1.29 is 0 Å². The van der Waals surface area contributed by atoms with Gasteiger partial charge in [-0.1, -0.05) is 237 Å². The lowest BCUT2D eigenvalue weighted by atomic mass is 9.83. The van der Waals surface area contributed by atoms with Crippen LogP contribution in [0.4, 0.5) is 0 Å². The molecular weight excluding hydrogens is 773 g/mol. The normalized spacial score (nSPS) is 11.4. The molecule has 0 aliphatic heterocycles. The van der Waals surface area contributed by atoms with E-state index in [0.717, 1.165) is 33.5 Å². The van der Waals surface area contributed by atoms with E-state index in [9.17, 15) is 0 Å². The quantitative estimate of drug-likeness (QED) is 0.118. The Morgan fingerprint density at radius 3 is 1.38 bits per heavy atom. The maximum absolute atomic E-state index is 5.25. The van der Waals surface area contributed by atoms with E-state index in [-0.39, 0.29) is 0 Å². The zero-order chi connectivity index (χ0) is 42.4. The molecule has 0 amide bonds. The summed E-state index contributed by atoms with van der Waals surface area (Å²) >= 11 is 0. The number of aromatic nitrogens is 2. The molecule has 0 N–H and O–H groups in total. The summed E-state index contributed by atoms with van der Waals surface area (Å²) in [6.07, 6.45) is 0. The monoisotopic (exact) mass is 812 g/mol. The number of hydrogen-bond donors (Lipinski definition) is 0. The summed E-state index contributed by atoms with van der Waals surface area (Å²) in [6.45, 7) is 0. The summed E-state index contributed by atoms with van der Waals surface area (Å²) in [5.74, 6) is 0.703. The standard InChI is InChI=1S/C62H40N2/c1-4-16-41(17-5-1)42-28-32-45(33-29-42)57-40-58(64-62(63-57)48-21-8-3-9-22-48)53-39-38-49(51-24-12-13-25-52(51)53)44-30-34-47(35-31-44)59-54-26-14-15-27-55(54)60(46-19-6-2-7-20-46)61-50-23-11-10-18-43(50)36-37-56(59)61/h1-40H. The second kappa shape index (κ2) is 15.8. The third kappa shape index (κ3) is 6.52. The Kier molecular flexibility index (Phi) is 9.20. The average Bonchev–Trinajstić information content (AvgIpc) is 3.38. The summed E-state index contributed by atoms with van der Waals surface area (Å²) in [4.78, 5) is 10.4. The van der Waals surface area contributed by atoms with Crippen molar-refractivity contribution in [1.29, 1.82) is 0 Å². The largest absolute Gasteiger partial charge is 0.228 e. The molecule has 0 bridgehead atoms. The molecule has 0 saturated carbocycles. The first-order valence-electron chi connectivity index (χ1n) is 21.9. The Bertz CT molecular complexity index is 3670. The number of benzene rings is 11. The number of nitrogens with zero attached hydrogens (tertiary/aromatic N) is 2. The number of hydrogen-bond acceptors (Lipinski definition) is 2. The minimum absolute atomic E-state index is 0.703. The first kappa shape index (κ1) is 37.3. The lowest BCUT2D eigenvalue weighted by molar-refractivity contribution is 1.18. The number of rotatable bonds is 7. The van der Waals surface area contributed by atoms with Crippen LogP contribution in [0.5, 0.6) is 0 Å². The Morgan fingerprint density at radius 2 is 0.688 bits per heavy atom.